The van der Waals surface area contributed by atoms with E-state index < -0.39 is 5.82 Å². The third-order valence-corrected chi connectivity index (χ3v) is 5.12. The summed E-state index contributed by atoms with van der Waals surface area (Å²) in [5, 5.41) is 0. The average Bonchev–Trinajstić information content (AvgIpc) is 3.27. The van der Waals surface area contributed by atoms with Crippen molar-refractivity contribution < 1.29 is 23.5 Å². The molecule has 23 heavy (non-hydrogen) atoms. The van der Waals surface area contributed by atoms with Gasteiger partial charge in [0.1, 0.15) is 0 Å². The van der Waals surface area contributed by atoms with Gasteiger partial charge in [0.05, 0.1) is 20.1 Å². The molecule has 1 aromatic carbocycles. The van der Waals surface area contributed by atoms with Crippen LogP contribution in [0.2, 0.25) is 0 Å². The predicted molar refractivity (Wildman–Crippen MR) is 80.6 cm³/mol. The van der Waals surface area contributed by atoms with Gasteiger partial charge in [-0.2, -0.15) is 0 Å². The second kappa shape index (κ2) is 5.83. The Labute approximate surface area is 134 Å². The van der Waals surface area contributed by atoms with E-state index in [9.17, 15) is 14.0 Å². The van der Waals surface area contributed by atoms with Crippen LogP contribution >= 0.6 is 0 Å². The summed E-state index contributed by atoms with van der Waals surface area (Å²) in [7, 11) is 2.79. The van der Waals surface area contributed by atoms with Gasteiger partial charge in [-0.3, -0.25) is 9.59 Å². The highest BCUT2D eigenvalue weighted by Crippen LogP contribution is 2.59. The molecule has 0 unspecified atom stereocenters. The largest absolute Gasteiger partial charge is 0.494 e. The minimum absolute atomic E-state index is 0.00896. The first kappa shape index (κ1) is 15.8. The third kappa shape index (κ3) is 2.78. The molecule has 1 spiro atoms. The predicted octanol–water partition coefficient (Wildman–Crippen LogP) is 2.25. The summed E-state index contributed by atoms with van der Waals surface area (Å²) in [6, 6.07) is 4.24. The van der Waals surface area contributed by atoms with Crippen molar-refractivity contribution in [3.8, 4) is 5.75 Å². The Kier molecular flexibility index (Phi) is 4.00. The molecule has 6 heteroatoms. The van der Waals surface area contributed by atoms with Gasteiger partial charge in [0, 0.05) is 18.7 Å². The van der Waals surface area contributed by atoms with Crippen LogP contribution in [0.5, 0.6) is 5.75 Å². The first-order valence-corrected chi connectivity index (χ1v) is 7.71. The summed E-state index contributed by atoms with van der Waals surface area (Å²) in [6.07, 6.45) is 2.42. The molecule has 3 rings (SSSR count). The summed E-state index contributed by atoms with van der Waals surface area (Å²) in [5.74, 6) is -0.778. The molecule has 1 heterocycles. The Morgan fingerprint density at radius 3 is 2.52 bits per heavy atom. The molecule has 1 aliphatic heterocycles. The fourth-order valence-corrected chi connectivity index (χ4v) is 3.51. The first-order valence-electron chi connectivity index (χ1n) is 7.71. The summed E-state index contributed by atoms with van der Waals surface area (Å²) in [4.78, 5) is 25.8. The van der Waals surface area contributed by atoms with Gasteiger partial charge in [-0.25, -0.2) is 4.39 Å². The van der Waals surface area contributed by atoms with E-state index in [4.69, 9.17) is 9.47 Å². The fourth-order valence-electron chi connectivity index (χ4n) is 3.51. The van der Waals surface area contributed by atoms with Gasteiger partial charge in [0.25, 0.3) is 5.91 Å². The zero-order valence-electron chi connectivity index (χ0n) is 13.3. The number of methoxy groups -OCH3 is 2. The van der Waals surface area contributed by atoms with Crippen LogP contribution in [0.4, 0.5) is 4.39 Å². The van der Waals surface area contributed by atoms with Crippen molar-refractivity contribution in [2.75, 3.05) is 27.3 Å². The van der Waals surface area contributed by atoms with Gasteiger partial charge in [-0.15, -0.1) is 0 Å². The summed E-state index contributed by atoms with van der Waals surface area (Å²) < 4.78 is 23.4. The number of carbonyl (C=O) groups is 2. The molecule has 1 atom stereocenters. The lowest BCUT2D eigenvalue weighted by atomic mass is 9.90. The molecule has 0 aromatic heterocycles. The molecule has 1 saturated heterocycles. The van der Waals surface area contributed by atoms with Crippen LogP contribution in [0.25, 0.3) is 0 Å². The molecule has 0 radical (unpaired) electrons. The zero-order valence-corrected chi connectivity index (χ0v) is 13.3. The second-order valence-corrected chi connectivity index (χ2v) is 6.28. The van der Waals surface area contributed by atoms with Crippen molar-refractivity contribution in [1.29, 1.82) is 0 Å². The Morgan fingerprint density at radius 2 is 1.96 bits per heavy atom. The van der Waals surface area contributed by atoms with Crippen LogP contribution in [-0.4, -0.2) is 44.1 Å². The van der Waals surface area contributed by atoms with Gasteiger partial charge in [-0.1, -0.05) is 0 Å². The Bertz CT molecular complexity index is 637. The molecule has 5 nitrogen and oxygen atoms in total. The maximum Gasteiger partial charge on any atom is 0.309 e. The zero-order chi connectivity index (χ0) is 16.6. The Hall–Kier alpha value is -2.11. The number of esters is 1. The van der Waals surface area contributed by atoms with E-state index in [1.165, 1.54) is 26.4 Å². The molecule has 1 saturated carbocycles. The lowest BCUT2D eigenvalue weighted by molar-refractivity contribution is -0.143. The van der Waals surface area contributed by atoms with Crippen LogP contribution in [-0.2, 0) is 9.53 Å². The van der Waals surface area contributed by atoms with Crippen LogP contribution in [0.15, 0.2) is 18.2 Å². The topological polar surface area (TPSA) is 55.8 Å². The van der Waals surface area contributed by atoms with E-state index in [0.29, 0.717) is 18.7 Å². The van der Waals surface area contributed by atoms with E-state index in [-0.39, 0.29) is 29.0 Å². The van der Waals surface area contributed by atoms with Gasteiger partial charge in [0.2, 0.25) is 0 Å². The number of nitrogens with zero attached hydrogens (tertiary/aromatic N) is 1. The second-order valence-electron chi connectivity index (χ2n) is 6.28. The number of halogens is 1. The van der Waals surface area contributed by atoms with E-state index in [1.807, 2.05) is 0 Å². The quantitative estimate of drug-likeness (QED) is 0.801. The summed E-state index contributed by atoms with van der Waals surface area (Å²) >= 11 is 0. The number of carbonyl (C=O) groups excluding carboxylic acids is 2. The number of ether oxygens (including phenoxy) is 2. The molecular formula is C17H20FNO4. The molecule has 0 bridgehead atoms. The SMILES string of the molecule is COC(=O)[C@H]1CC12CCN(C(=O)c1ccc(OC)c(F)c1)CC2. The molecular weight excluding hydrogens is 301 g/mol. The molecule has 2 fully saturated rings. The van der Waals surface area contributed by atoms with Crippen molar-refractivity contribution in [3.63, 3.8) is 0 Å². The normalized spacial score (nSPS) is 21.9. The van der Waals surface area contributed by atoms with Crippen LogP contribution in [0.1, 0.15) is 29.6 Å². The average molecular weight is 321 g/mol. The summed E-state index contributed by atoms with van der Waals surface area (Å²) in [6.45, 7) is 1.17. The standard InChI is InChI=1S/C17H20FNO4/c1-22-14-4-3-11(9-13(14)18)15(20)19-7-5-17(6-8-19)10-12(17)16(21)23-2/h3-4,9,12H,5-8,10H2,1-2H3/t12-/m1/s1. The highest BCUT2D eigenvalue weighted by atomic mass is 19.1. The highest BCUT2D eigenvalue weighted by Gasteiger charge is 2.59. The van der Waals surface area contributed by atoms with Crippen LogP contribution in [0, 0.1) is 17.2 Å². The van der Waals surface area contributed by atoms with E-state index in [2.05, 4.69) is 0 Å². The molecule has 1 aliphatic carbocycles. The van der Waals surface area contributed by atoms with Crippen molar-refractivity contribution in [3.05, 3.63) is 29.6 Å². The minimum atomic E-state index is -0.542. The molecule has 124 valence electrons. The van der Waals surface area contributed by atoms with Crippen LogP contribution < -0.4 is 4.74 Å². The third-order valence-electron chi connectivity index (χ3n) is 5.12. The van der Waals surface area contributed by atoms with Crippen molar-refractivity contribution in [1.82, 2.24) is 4.90 Å². The van der Waals surface area contributed by atoms with Gasteiger partial charge >= 0.3 is 5.97 Å². The van der Waals surface area contributed by atoms with Gasteiger partial charge < -0.3 is 14.4 Å². The lowest BCUT2D eigenvalue weighted by Crippen LogP contribution is -2.40. The number of likely N-dealkylation sites (tertiary alicyclic amines) is 1. The lowest BCUT2D eigenvalue weighted by Gasteiger charge is -2.32. The number of amides is 1. The van der Waals surface area contributed by atoms with E-state index in [1.54, 1.807) is 11.0 Å². The van der Waals surface area contributed by atoms with E-state index >= 15 is 0 Å². The molecule has 2 aliphatic rings. The van der Waals surface area contributed by atoms with Crippen molar-refractivity contribution >= 4 is 11.9 Å². The number of benzene rings is 1. The Morgan fingerprint density at radius 1 is 1.26 bits per heavy atom. The van der Waals surface area contributed by atoms with Crippen molar-refractivity contribution in [2.24, 2.45) is 11.3 Å². The number of hydrogen-bond acceptors (Lipinski definition) is 4. The number of piperidine rings is 1. The van der Waals surface area contributed by atoms with Gasteiger partial charge in [0.15, 0.2) is 11.6 Å². The maximum absolute atomic E-state index is 13.7. The van der Waals surface area contributed by atoms with Crippen molar-refractivity contribution in [2.45, 2.75) is 19.3 Å². The van der Waals surface area contributed by atoms with Gasteiger partial charge in [-0.05, 0) is 42.9 Å². The summed E-state index contributed by atoms with van der Waals surface area (Å²) in [5.41, 5.74) is 0.328. The van der Waals surface area contributed by atoms with E-state index in [0.717, 1.165) is 19.3 Å². The Balaban J connectivity index is 1.63. The molecule has 1 amide bonds. The molecule has 1 aromatic rings. The highest BCUT2D eigenvalue weighted by molar-refractivity contribution is 5.94. The maximum atomic E-state index is 13.7. The fraction of sp³-hybridized carbons (Fsp3) is 0.529. The smallest absolute Gasteiger partial charge is 0.309 e. The molecule has 0 N–H and O–H groups in total. The number of hydrogen-bond donors (Lipinski definition) is 0. The monoisotopic (exact) mass is 321 g/mol. The first-order chi connectivity index (χ1) is 11.0. The van der Waals surface area contributed by atoms with Crippen LogP contribution in [0.3, 0.4) is 0 Å². The number of rotatable bonds is 3. The minimum Gasteiger partial charge on any atom is -0.494 e.